The third kappa shape index (κ3) is 5.15. The fourth-order valence-electron chi connectivity index (χ4n) is 9.75. The van der Waals surface area contributed by atoms with Gasteiger partial charge in [-0.15, -0.1) is 0 Å². The molecule has 0 heterocycles. The van der Waals surface area contributed by atoms with E-state index in [4.69, 9.17) is 4.74 Å². The summed E-state index contributed by atoms with van der Waals surface area (Å²) in [6, 6.07) is 0. The number of allylic oxidation sites excluding steroid dienone is 1. The van der Waals surface area contributed by atoms with Gasteiger partial charge in [-0.05, 0) is 91.3 Å². The van der Waals surface area contributed by atoms with Crippen LogP contribution in [0.2, 0.25) is 0 Å². The van der Waals surface area contributed by atoms with E-state index in [9.17, 15) is 26.7 Å². The summed E-state index contributed by atoms with van der Waals surface area (Å²) in [5.74, 6) is -8.23. The van der Waals surface area contributed by atoms with Gasteiger partial charge in [-0.1, -0.05) is 65.5 Å². The fourth-order valence-corrected chi connectivity index (χ4v) is 9.75. The van der Waals surface area contributed by atoms with Gasteiger partial charge in [0.1, 0.15) is 11.7 Å². The molecule has 4 aliphatic rings. The number of carbonyl (C=O) groups excluding carboxylic acids is 1. The van der Waals surface area contributed by atoms with Crippen LogP contribution in [0.3, 0.4) is 0 Å². The van der Waals surface area contributed by atoms with Crippen molar-refractivity contribution in [1.29, 1.82) is 0 Å². The van der Waals surface area contributed by atoms with Gasteiger partial charge in [-0.25, -0.2) is 26.7 Å². The number of halogens is 5. The maximum Gasteiger partial charge on any atom is 0.344 e. The molecule has 2 nitrogen and oxygen atoms in total. The zero-order chi connectivity index (χ0) is 29.9. The van der Waals surface area contributed by atoms with Crippen LogP contribution >= 0.6 is 0 Å². The quantitative estimate of drug-likeness (QED) is 0.105. The summed E-state index contributed by atoms with van der Waals surface area (Å²) in [7, 11) is 0. The second-order valence-corrected chi connectivity index (χ2v) is 14.5. The van der Waals surface area contributed by atoms with Gasteiger partial charge in [0.15, 0.2) is 23.3 Å². The molecule has 3 fully saturated rings. The van der Waals surface area contributed by atoms with Crippen molar-refractivity contribution in [3.63, 3.8) is 0 Å². The number of hydrogen-bond donors (Lipinski definition) is 0. The molecule has 0 unspecified atom stereocenters. The first-order chi connectivity index (χ1) is 19.3. The van der Waals surface area contributed by atoms with E-state index in [0.29, 0.717) is 36.0 Å². The van der Waals surface area contributed by atoms with Gasteiger partial charge in [0, 0.05) is 6.42 Å². The van der Waals surface area contributed by atoms with Crippen molar-refractivity contribution in [1.82, 2.24) is 0 Å². The Morgan fingerprint density at radius 3 is 2.20 bits per heavy atom. The van der Waals surface area contributed by atoms with Crippen molar-refractivity contribution >= 4 is 5.97 Å². The van der Waals surface area contributed by atoms with E-state index in [1.165, 1.54) is 50.5 Å². The summed E-state index contributed by atoms with van der Waals surface area (Å²) in [6.07, 6.45) is 13.3. The van der Waals surface area contributed by atoms with Crippen LogP contribution in [0.5, 0.6) is 0 Å². The van der Waals surface area contributed by atoms with Crippen LogP contribution in [0, 0.1) is 75.4 Å². The molecule has 0 saturated heterocycles. The number of fused-ring (bicyclic) bond motifs is 5. The van der Waals surface area contributed by atoms with E-state index in [1.807, 2.05) is 0 Å². The van der Waals surface area contributed by atoms with Crippen LogP contribution in [0.15, 0.2) is 11.6 Å². The summed E-state index contributed by atoms with van der Waals surface area (Å²) in [5.41, 5.74) is 0.0352. The predicted molar refractivity (Wildman–Crippen MR) is 148 cm³/mol. The highest BCUT2D eigenvalue weighted by molar-refractivity contribution is 5.90. The van der Waals surface area contributed by atoms with Crippen LogP contribution in [0.4, 0.5) is 22.0 Å². The molecular formula is C34H45F5O2. The molecule has 8 atom stereocenters. The minimum Gasteiger partial charge on any atom is -0.458 e. The summed E-state index contributed by atoms with van der Waals surface area (Å²) < 4.78 is 74.5. The first kappa shape index (κ1) is 30.5. The Bertz CT molecular complexity index is 1180. The lowest BCUT2D eigenvalue weighted by Gasteiger charge is -2.58. The standard InChI is InChI=1S/C34H45F5O2/c1-18(2)7-6-8-19(3)23-11-12-24-22-10-9-20-17-21(13-15-33(20,4)25(22)14-16-34(23,24)5)41-32(40)26-27(35)29(37)31(39)30(38)28(26)36/h9,18-19,21-25H,6-8,10-17H2,1-5H3/t19-,21+,22+,23-,24+,25+,33+,34-/m1/s1. The van der Waals surface area contributed by atoms with Gasteiger partial charge in [-0.3, -0.25) is 0 Å². The molecule has 0 aliphatic heterocycles. The summed E-state index contributed by atoms with van der Waals surface area (Å²) >= 11 is 0. The molecule has 1 aromatic carbocycles. The van der Waals surface area contributed by atoms with Gasteiger partial charge in [0.25, 0.3) is 0 Å². The maximum absolute atomic E-state index is 14.2. The molecule has 0 spiro atoms. The van der Waals surface area contributed by atoms with Crippen LogP contribution in [-0.4, -0.2) is 12.1 Å². The Morgan fingerprint density at radius 2 is 1.54 bits per heavy atom. The van der Waals surface area contributed by atoms with Crippen LogP contribution < -0.4 is 0 Å². The molecular weight excluding hydrogens is 535 g/mol. The number of ether oxygens (including phenoxy) is 1. The summed E-state index contributed by atoms with van der Waals surface area (Å²) in [6.45, 7) is 12.0. The van der Waals surface area contributed by atoms with Crippen molar-refractivity contribution in [3.05, 3.63) is 46.3 Å². The highest BCUT2D eigenvalue weighted by atomic mass is 19.2. The van der Waals surface area contributed by atoms with Gasteiger partial charge >= 0.3 is 5.97 Å². The molecule has 0 amide bonds. The highest BCUT2D eigenvalue weighted by Crippen LogP contribution is 2.67. The molecule has 0 bridgehead atoms. The normalized spacial score (nSPS) is 35.4. The zero-order valence-electron chi connectivity index (χ0n) is 25.1. The lowest BCUT2D eigenvalue weighted by Crippen LogP contribution is -2.51. The average Bonchev–Trinajstić information content (AvgIpc) is 3.28. The van der Waals surface area contributed by atoms with Crippen molar-refractivity contribution in [2.75, 3.05) is 0 Å². The van der Waals surface area contributed by atoms with Gasteiger partial charge in [-0.2, -0.15) is 0 Å². The average molecular weight is 581 g/mol. The minimum atomic E-state index is -2.29. The fraction of sp³-hybridized carbons (Fsp3) is 0.735. The Morgan fingerprint density at radius 1 is 0.878 bits per heavy atom. The molecule has 4 aliphatic carbocycles. The Labute approximate surface area is 241 Å². The predicted octanol–water partition coefficient (Wildman–Crippen LogP) is 9.95. The second-order valence-electron chi connectivity index (χ2n) is 14.5. The van der Waals surface area contributed by atoms with E-state index in [-0.39, 0.29) is 5.41 Å². The van der Waals surface area contributed by atoms with Crippen LogP contribution in [-0.2, 0) is 4.74 Å². The van der Waals surface area contributed by atoms with Crippen molar-refractivity contribution in [2.24, 2.45) is 46.3 Å². The lowest BCUT2D eigenvalue weighted by molar-refractivity contribution is -0.0595. The SMILES string of the molecule is CC(C)CCC[C@@H](C)[C@H]1CC[C@H]2[C@@H]3CC=C4C[C@@H](OC(=O)c5c(F)c(F)c(F)c(F)c5F)CC[C@]4(C)[C@H]3CC[C@]12C. The van der Waals surface area contributed by atoms with Crippen molar-refractivity contribution in [3.8, 4) is 0 Å². The molecule has 7 heteroatoms. The second kappa shape index (κ2) is 11.3. The van der Waals surface area contributed by atoms with E-state index in [0.717, 1.165) is 30.6 Å². The lowest BCUT2D eigenvalue weighted by atomic mass is 9.47. The van der Waals surface area contributed by atoms with Crippen molar-refractivity contribution in [2.45, 2.75) is 111 Å². The zero-order valence-corrected chi connectivity index (χ0v) is 25.1. The van der Waals surface area contributed by atoms with E-state index >= 15 is 0 Å². The Hall–Kier alpha value is -1.92. The Balaban J connectivity index is 1.28. The smallest absolute Gasteiger partial charge is 0.344 e. The highest BCUT2D eigenvalue weighted by Gasteiger charge is 2.59. The van der Waals surface area contributed by atoms with Gasteiger partial charge in [0.2, 0.25) is 5.82 Å². The molecule has 228 valence electrons. The van der Waals surface area contributed by atoms with E-state index in [1.54, 1.807) is 0 Å². The number of rotatable bonds is 7. The molecule has 5 rings (SSSR count). The molecule has 0 aromatic heterocycles. The number of carbonyl (C=O) groups is 1. The first-order valence-electron chi connectivity index (χ1n) is 15.7. The summed E-state index contributed by atoms with van der Waals surface area (Å²) in [4.78, 5) is 12.6. The van der Waals surface area contributed by atoms with Crippen LogP contribution in [0.1, 0.15) is 116 Å². The summed E-state index contributed by atoms with van der Waals surface area (Å²) in [5, 5.41) is 0. The number of esters is 1. The Kier molecular flexibility index (Phi) is 8.41. The third-order valence-corrected chi connectivity index (χ3v) is 11.9. The van der Waals surface area contributed by atoms with E-state index < -0.39 is 46.7 Å². The number of benzene rings is 1. The first-order valence-corrected chi connectivity index (χ1v) is 15.7. The van der Waals surface area contributed by atoms with Gasteiger partial charge < -0.3 is 4.74 Å². The number of hydrogen-bond acceptors (Lipinski definition) is 2. The molecule has 3 saturated carbocycles. The molecule has 41 heavy (non-hydrogen) atoms. The maximum atomic E-state index is 14.2. The van der Waals surface area contributed by atoms with Gasteiger partial charge in [0.05, 0.1) is 0 Å². The topological polar surface area (TPSA) is 26.3 Å². The molecule has 0 radical (unpaired) electrons. The van der Waals surface area contributed by atoms with E-state index in [2.05, 4.69) is 40.7 Å². The van der Waals surface area contributed by atoms with Crippen LogP contribution in [0.25, 0.3) is 0 Å². The molecule has 0 N–H and O–H groups in total. The molecule has 1 aromatic rings. The largest absolute Gasteiger partial charge is 0.458 e. The monoisotopic (exact) mass is 580 g/mol. The minimum absolute atomic E-state index is 0.0291. The third-order valence-electron chi connectivity index (χ3n) is 11.9. The van der Waals surface area contributed by atoms with Crippen molar-refractivity contribution < 1.29 is 31.5 Å².